The zero-order valence-electron chi connectivity index (χ0n) is 9.32. The molecule has 2 fully saturated rings. The van der Waals surface area contributed by atoms with Crippen LogP contribution in [0.3, 0.4) is 0 Å². The second-order valence-electron chi connectivity index (χ2n) is 5.08. The molecule has 1 aliphatic carbocycles. The molecule has 2 N–H and O–H groups in total. The van der Waals surface area contributed by atoms with Gasteiger partial charge in [-0.25, -0.2) is 0 Å². The van der Waals surface area contributed by atoms with Gasteiger partial charge in [0.2, 0.25) is 0 Å². The van der Waals surface area contributed by atoms with Crippen LogP contribution in [0.15, 0.2) is 28.7 Å². The molecule has 1 saturated heterocycles. The summed E-state index contributed by atoms with van der Waals surface area (Å²) in [5, 5.41) is 0. The van der Waals surface area contributed by atoms with E-state index in [0.29, 0.717) is 6.04 Å². The molecule has 0 aromatic heterocycles. The van der Waals surface area contributed by atoms with Gasteiger partial charge in [-0.2, -0.15) is 0 Å². The Balaban J connectivity index is 1.89. The number of likely N-dealkylation sites (tertiary alicyclic amines) is 1. The molecule has 1 saturated carbocycles. The number of nitrogens with two attached hydrogens (primary N) is 1. The second-order valence-corrected chi connectivity index (χ2v) is 5.99. The van der Waals surface area contributed by atoms with Crippen LogP contribution in [0.25, 0.3) is 0 Å². The minimum Gasteiger partial charge on any atom is -0.323 e. The molecule has 16 heavy (non-hydrogen) atoms. The highest BCUT2D eigenvalue weighted by molar-refractivity contribution is 9.10. The van der Waals surface area contributed by atoms with Crippen molar-refractivity contribution in [2.45, 2.75) is 30.8 Å². The lowest BCUT2D eigenvalue weighted by Gasteiger charge is -2.42. The summed E-state index contributed by atoms with van der Waals surface area (Å²) in [6.07, 6.45) is 3.66. The van der Waals surface area contributed by atoms with Crippen molar-refractivity contribution in [2.75, 3.05) is 13.1 Å². The summed E-state index contributed by atoms with van der Waals surface area (Å²) >= 11 is 3.48. The third-order valence-corrected chi connectivity index (χ3v) is 4.34. The molecule has 86 valence electrons. The van der Waals surface area contributed by atoms with Crippen molar-refractivity contribution in [3.63, 3.8) is 0 Å². The molecule has 1 unspecified atom stereocenters. The average molecular weight is 281 g/mol. The molecule has 2 aliphatic rings. The molecule has 2 nitrogen and oxygen atoms in total. The Hall–Kier alpha value is -0.380. The van der Waals surface area contributed by atoms with E-state index >= 15 is 0 Å². The third-order valence-electron chi connectivity index (χ3n) is 3.81. The largest absolute Gasteiger partial charge is 0.323 e. The minimum atomic E-state index is 0.0499. The molecule has 1 atom stereocenters. The Morgan fingerprint density at radius 2 is 1.81 bits per heavy atom. The SMILES string of the molecule is NC1(C(c2ccc(Br)cc2)N2CCC2)CC1. The smallest absolute Gasteiger partial charge is 0.0528 e. The Labute approximate surface area is 105 Å². The second kappa shape index (κ2) is 3.83. The van der Waals surface area contributed by atoms with Crippen molar-refractivity contribution in [3.05, 3.63) is 34.3 Å². The third kappa shape index (κ3) is 1.81. The summed E-state index contributed by atoms with van der Waals surface area (Å²) in [6.45, 7) is 2.42. The van der Waals surface area contributed by atoms with Gasteiger partial charge in [0.15, 0.2) is 0 Å². The summed E-state index contributed by atoms with van der Waals surface area (Å²) in [4.78, 5) is 2.52. The fraction of sp³-hybridized carbons (Fsp3) is 0.538. The van der Waals surface area contributed by atoms with Gasteiger partial charge in [0, 0.05) is 23.1 Å². The first-order chi connectivity index (χ1) is 7.69. The topological polar surface area (TPSA) is 29.3 Å². The quantitative estimate of drug-likeness (QED) is 0.923. The van der Waals surface area contributed by atoms with Crippen molar-refractivity contribution in [1.82, 2.24) is 4.90 Å². The molecule has 1 aromatic carbocycles. The maximum absolute atomic E-state index is 6.42. The number of nitrogens with zero attached hydrogens (tertiary/aromatic N) is 1. The predicted molar refractivity (Wildman–Crippen MR) is 69.2 cm³/mol. The van der Waals surface area contributed by atoms with Gasteiger partial charge in [0.1, 0.15) is 0 Å². The monoisotopic (exact) mass is 280 g/mol. The van der Waals surface area contributed by atoms with Gasteiger partial charge >= 0.3 is 0 Å². The van der Waals surface area contributed by atoms with Crippen LogP contribution in [0, 0.1) is 0 Å². The van der Waals surface area contributed by atoms with Crippen LogP contribution in [0.4, 0.5) is 0 Å². The lowest BCUT2D eigenvalue weighted by molar-refractivity contribution is 0.0931. The van der Waals surface area contributed by atoms with Gasteiger partial charge in [-0.05, 0) is 37.0 Å². The predicted octanol–water partition coefficient (Wildman–Crippen LogP) is 2.69. The number of hydrogen-bond acceptors (Lipinski definition) is 2. The lowest BCUT2D eigenvalue weighted by Crippen LogP contribution is -2.49. The highest BCUT2D eigenvalue weighted by Crippen LogP contribution is 2.48. The molecule has 1 heterocycles. The first-order valence-corrected chi connectivity index (χ1v) is 6.77. The normalized spacial score (nSPS) is 24.9. The Morgan fingerprint density at radius 1 is 1.19 bits per heavy atom. The van der Waals surface area contributed by atoms with E-state index in [9.17, 15) is 0 Å². The maximum Gasteiger partial charge on any atom is 0.0528 e. The molecular formula is C13H17BrN2. The fourth-order valence-corrected chi connectivity index (χ4v) is 2.83. The first kappa shape index (κ1) is 10.8. The maximum atomic E-state index is 6.42. The highest BCUT2D eigenvalue weighted by Gasteiger charge is 2.49. The molecule has 1 aromatic rings. The number of benzene rings is 1. The summed E-state index contributed by atoms with van der Waals surface area (Å²) in [5.41, 5.74) is 7.85. The van der Waals surface area contributed by atoms with Crippen LogP contribution in [-0.4, -0.2) is 23.5 Å². The van der Waals surface area contributed by atoms with Gasteiger partial charge in [0.25, 0.3) is 0 Å². The van der Waals surface area contributed by atoms with E-state index in [1.807, 2.05) is 0 Å². The Kier molecular flexibility index (Phi) is 2.57. The van der Waals surface area contributed by atoms with Gasteiger partial charge in [-0.15, -0.1) is 0 Å². The molecular weight excluding hydrogens is 264 g/mol. The van der Waals surface area contributed by atoms with Crippen LogP contribution >= 0.6 is 15.9 Å². The number of hydrogen-bond donors (Lipinski definition) is 1. The van der Waals surface area contributed by atoms with E-state index in [4.69, 9.17) is 5.73 Å². The van der Waals surface area contributed by atoms with Gasteiger partial charge in [-0.1, -0.05) is 28.1 Å². The molecule has 0 radical (unpaired) electrons. The van der Waals surface area contributed by atoms with Crippen molar-refractivity contribution in [1.29, 1.82) is 0 Å². The molecule has 0 amide bonds. The molecule has 0 bridgehead atoms. The first-order valence-electron chi connectivity index (χ1n) is 5.97. The van der Waals surface area contributed by atoms with E-state index < -0.39 is 0 Å². The van der Waals surface area contributed by atoms with Gasteiger partial charge in [0.05, 0.1) is 6.04 Å². The molecule has 3 rings (SSSR count). The van der Waals surface area contributed by atoms with E-state index in [2.05, 4.69) is 45.1 Å². The van der Waals surface area contributed by atoms with Crippen LogP contribution in [-0.2, 0) is 0 Å². The zero-order chi connectivity index (χ0) is 11.2. The van der Waals surface area contributed by atoms with Crippen LogP contribution in [0.2, 0.25) is 0 Å². The van der Waals surface area contributed by atoms with Gasteiger partial charge in [-0.3, -0.25) is 4.90 Å². The highest BCUT2D eigenvalue weighted by atomic mass is 79.9. The molecule has 0 spiro atoms. The zero-order valence-corrected chi connectivity index (χ0v) is 10.9. The van der Waals surface area contributed by atoms with Crippen LogP contribution in [0.5, 0.6) is 0 Å². The van der Waals surface area contributed by atoms with E-state index in [-0.39, 0.29) is 5.54 Å². The molecule has 3 heteroatoms. The fourth-order valence-electron chi connectivity index (χ4n) is 2.57. The Morgan fingerprint density at radius 3 is 2.25 bits per heavy atom. The average Bonchev–Trinajstić information content (AvgIpc) is 2.93. The van der Waals surface area contributed by atoms with E-state index in [1.54, 1.807) is 0 Å². The Bertz CT molecular complexity index is 379. The van der Waals surface area contributed by atoms with E-state index in [0.717, 1.165) is 4.47 Å². The van der Waals surface area contributed by atoms with Crippen molar-refractivity contribution < 1.29 is 0 Å². The van der Waals surface area contributed by atoms with E-state index in [1.165, 1.54) is 37.9 Å². The lowest BCUT2D eigenvalue weighted by atomic mass is 9.93. The van der Waals surface area contributed by atoms with Crippen LogP contribution in [0.1, 0.15) is 30.9 Å². The van der Waals surface area contributed by atoms with Gasteiger partial charge < -0.3 is 5.73 Å². The van der Waals surface area contributed by atoms with Crippen molar-refractivity contribution in [3.8, 4) is 0 Å². The summed E-state index contributed by atoms with van der Waals surface area (Å²) in [7, 11) is 0. The van der Waals surface area contributed by atoms with Crippen molar-refractivity contribution in [2.24, 2.45) is 5.73 Å². The van der Waals surface area contributed by atoms with Crippen molar-refractivity contribution >= 4 is 15.9 Å². The number of halogens is 1. The summed E-state index contributed by atoms with van der Waals surface area (Å²) in [6, 6.07) is 9.09. The standard InChI is InChI=1S/C13H17BrN2/c14-11-4-2-10(3-5-11)12(13(15)6-7-13)16-8-1-9-16/h2-5,12H,1,6-9,15H2. The molecule has 1 aliphatic heterocycles. The van der Waals surface area contributed by atoms with Crippen LogP contribution < -0.4 is 5.73 Å². The number of rotatable bonds is 3. The minimum absolute atomic E-state index is 0.0499. The summed E-state index contributed by atoms with van der Waals surface area (Å²) < 4.78 is 1.14. The summed E-state index contributed by atoms with van der Waals surface area (Å²) in [5.74, 6) is 0.